The number of carbonyl (C=O) groups is 3. The first kappa shape index (κ1) is 23.6. The van der Waals surface area contributed by atoms with Crippen LogP contribution in [0.3, 0.4) is 0 Å². The fraction of sp³-hybridized carbons (Fsp3) is 0.857. The number of carbonyl (C=O) groups excluding carboxylic acids is 3. The molecule has 1 atom stereocenters. The number of rotatable bonds is 12. The predicted molar refractivity (Wildman–Crippen MR) is 111 cm³/mol. The minimum absolute atomic E-state index is 0. The Labute approximate surface area is 167 Å². The maximum absolute atomic E-state index is 12.3. The molecule has 1 rings (SSSR count). The van der Waals surface area contributed by atoms with Crippen LogP contribution >= 0.6 is 0 Å². The Morgan fingerprint density at radius 3 is 2.26 bits per heavy atom. The van der Waals surface area contributed by atoms with Crippen molar-refractivity contribution in [1.29, 1.82) is 0 Å². The number of hydrogen-bond acceptors (Lipinski definition) is 4. The lowest BCUT2D eigenvalue weighted by atomic mass is 9.79. The van der Waals surface area contributed by atoms with Crippen LogP contribution in [0.15, 0.2) is 0 Å². The first-order valence-electron chi connectivity index (χ1n) is 10.5. The van der Waals surface area contributed by atoms with Gasteiger partial charge in [-0.25, -0.2) is 0 Å². The van der Waals surface area contributed by atoms with E-state index in [1.165, 1.54) is 0 Å². The van der Waals surface area contributed by atoms with Crippen molar-refractivity contribution in [3.05, 3.63) is 0 Å². The second kappa shape index (κ2) is 12.9. The maximum Gasteiger partial charge on any atom is 0.220 e. The summed E-state index contributed by atoms with van der Waals surface area (Å²) >= 11 is 0. The summed E-state index contributed by atoms with van der Waals surface area (Å²) < 4.78 is 5.36. The van der Waals surface area contributed by atoms with Crippen LogP contribution in [0.1, 0.15) is 81.9 Å². The summed E-state index contributed by atoms with van der Waals surface area (Å²) in [5.41, 5.74) is 0. The molecule has 27 heavy (non-hydrogen) atoms. The monoisotopic (exact) mass is 386 g/mol. The van der Waals surface area contributed by atoms with E-state index in [0.717, 1.165) is 32.1 Å². The SMILES string of the molecule is CCC(C)C(=O)C1CCC(NC(=O)CCCC(=O)NCCOC(C)C)CC1.[HH].[HH]. The van der Waals surface area contributed by atoms with Crippen molar-refractivity contribution in [3.63, 3.8) is 0 Å². The van der Waals surface area contributed by atoms with E-state index in [1.54, 1.807) is 0 Å². The van der Waals surface area contributed by atoms with E-state index in [1.807, 2.05) is 27.7 Å². The highest BCUT2D eigenvalue weighted by Crippen LogP contribution is 2.28. The molecule has 0 radical (unpaired) electrons. The highest BCUT2D eigenvalue weighted by molar-refractivity contribution is 5.83. The summed E-state index contributed by atoms with van der Waals surface area (Å²) in [6.45, 7) is 8.97. The first-order chi connectivity index (χ1) is 12.8. The molecule has 6 heteroatoms. The number of amides is 2. The van der Waals surface area contributed by atoms with Crippen molar-refractivity contribution < 1.29 is 22.0 Å². The van der Waals surface area contributed by atoms with Gasteiger partial charge in [-0.2, -0.15) is 0 Å². The van der Waals surface area contributed by atoms with Gasteiger partial charge in [0.05, 0.1) is 12.7 Å². The molecule has 1 fully saturated rings. The molecule has 0 bridgehead atoms. The van der Waals surface area contributed by atoms with Crippen LogP contribution in [-0.2, 0) is 19.1 Å². The Hall–Kier alpha value is -1.43. The highest BCUT2D eigenvalue weighted by atomic mass is 16.5. The zero-order valence-electron chi connectivity index (χ0n) is 17.5. The standard InChI is InChI=1S/C21H38N2O4.2H2/c1-5-16(4)21(26)17-9-11-18(12-10-17)23-20(25)8-6-7-19(24)22-13-14-27-15(2)3;;/h15-18H,5-14H2,1-4H3,(H,22,24)(H,23,25);2*1H. The van der Waals surface area contributed by atoms with Gasteiger partial charge in [0.2, 0.25) is 11.8 Å². The molecule has 0 aromatic carbocycles. The zero-order valence-corrected chi connectivity index (χ0v) is 17.5. The van der Waals surface area contributed by atoms with Gasteiger partial charge in [0, 0.05) is 40.1 Å². The molecule has 2 N–H and O–H groups in total. The second-order valence-corrected chi connectivity index (χ2v) is 7.95. The van der Waals surface area contributed by atoms with Gasteiger partial charge in [-0.15, -0.1) is 0 Å². The zero-order chi connectivity index (χ0) is 20.2. The van der Waals surface area contributed by atoms with E-state index in [0.29, 0.717) is 38.2 Å². The first-order valence-corrected chi connectivity index (χ1v) is 10.5. The van der Waals surface area contributed by atoms with Crippen LogP contribution < -0.4 is 10.6 Å². The molecular weight excluding hydrogens is 344 g/mol. The number of nitrogens with one attached hydrogen (secondary N) is 2. The third-order valence-corrected chi connectivity index (χ3v) is 5.28. The minimum Gasteiger partial charge on any atom is -0.377 e. The van der Waals surface area contributed by atoms with Gasteiger partial charge in [-0.1, -0.05) is 13.8 Å². The van der Waals surface area contributed by atoms with Gasteiger partial charge >= 0.3 is 0 Å². The van der Waals surface area contributed by atoms with Gasteiger partial charge in [0.25, 0.3) is 0 Å². The summed E-state index contributed by atoms with van der Waals surface area (Å²) in [5, 5.41) is 5.85. The molecule has 1 saturated carbocycles. The van der Waals surface area contributed by atoms with Crippen molar-refractivity contribution in [1.82, 2.24) is 10.6 Å². The molecule has 0 aromatic rings. The van der Waals surface area contributed by atoms with Gasteiger partial charge in [-0.3, -0.25) is 14.4 Å². The third-order valence-electron chi connectivity index (χ3n) is 5.28. The molecule has 0 heterocycles. The molecular formula is C21H42N2O4. The van der Waals surface area contributed by atoms with Crippen molar-refractivity contribution in [2.45, 2.75) is 91.2 Å². The van der Waals surface area contributed by atoms with Crippen LogP contribution in [0.25, 0.3) is 0 Å². The van der Waals surface area contributed by atoms with Gasteiger partial charge in [0.15, 0.2) is 0 Å². The molecule has 0 saturated heterocycles. The van der Waals surface area contributed by atoms with Crippen molar-refractivity contribution in [2.24, 2.45) is 11.8 Å². The summed E-state index contributed by atoms with van der Waals surface area (Å²) in [6.07, 6.45) is 5.80. The molecule has 1 aliphatic rings. The van der Waals surface area contributed by atoms with Gasteiger partial charge in [0.1, 0.15) is 5.78 Å². The van der Waals surface area contributed by atoms with Gasteiger partial charge < -0.3 is 15.4 Å². The van der Waals surface area contributed by atoms with E-state index in [9.17, 15) is 14.4 Å². The normalized spacial score (nSPS) is 20.9. The van der Waals surface area contributed by atoms with Crippen molar-refractivity contribution in [2.75, 3.05) is 13.2 Å². The largest absolute Gasteiger partial charge is 0.377 e. The lowest BCUT2D eigenvalue weighted by molar-refractivity contribution is -0.127. The molecule has 0 aliphatic heterocycles. The predicted octanol–water partition coefficient (Wildman–Crippen LogP) is 3.48. The summed E-state index contributed by atoms with van der Waals surface area (Å²) in [7, 11) is 0. The Kier molecular flexibility index (Phi) is 11.3. The van der Waals surface area contributed by atoms with E-state index >= 15 is 0 Å². The highest BCUT2D eigenvalue weighted by Gasteiger charge is 2.28. The number of Topliss-reactive ketones (excluding diaryl/α,β-unsaturated/α-hetero) is 1. The van der Waals surface area contributed by atoms with Crippen LogP contribution in [0.4, 0.5) is 0 Å². The third kappa shape index (κ3) is 9.89. The molecule has 0 spiro atoms. The Bertz CT molecular complexity index is 481. The molecule has 0 aromatic heterocycles. The smallest absolute Gasteiger partial charge is 0.220 e. The molecule has 160 valence electrons. The van der Waals surface area contributed by atoms with E-state index in [2.05, 4.69) is 10.6 Å². The minimum atomic E-state index is -0.0424. The maximum atomic E-state index is 12.3. The summed E-state index contributed by atoms with van der Waals surface area (Å²) in [5.74, 6) is 0.648. The van der Waals surface area contributed by atoms with E-state index in [-0.39, 0.29) is 38.6 Å². The van der Waals surface area contributed by atoms with Crippen LogP contribution in [0, 0.1) is 11.8 Å². The number of hydrogen-bond donors (Lipinski definition) is 2. The molecule has 1 unspecified atom stereocenters. The topological polar surface area (TPSA) is 84.5 Å². The quantitative estimate of drug-likeness (QED) is 0.503. The fourth-order valence-corrected chi connectivity index (χ4v) is 3.41. The lowest BCUT2D eigenvalue weighted by Gasteiger charge is -2.29. The number of ether oxygens (including phenoxy) is 1. The van der Waals surface area contributed by atoms with E-state index < -0.39 is 0 Å². The Morgan fingerprint density at radius 2 is 1.67 bits per heavy atom. The van der Waals surface area contributed by atoms with Crippen molar-refractivity contribution >= 4 is 17.6 Å². The van der Waals surface area contributed by atoms with Gasteiger partial charge in [-0.05, 0) is 52.4 Å². The molecule has 2 amide bonds. The number of ketones is 1. The average molecular weight is 387 g/mol. The van der Waals surface area contributed by atoms with E-state index in [4.69, 9.17) is 4.74 Å². The van der Waals surface area contributed by atoms with Crippen LogP contribution in [0.5, 0.6) is 0 Å². The van der Waals surface area contributed by atoms with Crippen molar-refractivity contribution in [3.8, 4) is 0 Å². The molecule has 6 nitrogen and oxygen atoms in total. The summed E-state index contributed by atoms with van der Waals surface area (Å²) in [6, 6.07) is 0.167. The van der Waals surface area contributed by atoms with Crippen LogP contribution in [0.2, 0.25) is 0 Å². The van der Waals surface area contributed by atoms with Crippen LogP contribution in [-0.4, -0.2) is 42.9 Å². The second-order valence-electron chi connectivity index (χ2n) is 7.95. The Morgan fingerprint density at radius 1 is 1.04 bits per heavy atom. The average Bonchev–Trinajstić information content (AvgIpc) is 2.64. The molecule has 1 aliphatic carbocycles. The summed E-state index contributed by atoms with van der Waals surface area (Å²) in [4.78, 5) is 36.0. The lowest BCUT2D eigenvalue weighted by Crippen LogP contribution is -2.39. The Balaban J connectivity index is 0. The fourth-order valence-electron chi connectivity index (χ4n) is 3.41.